The molecule has 2 unspecified atom stereocenters. The number of benzene rings is 3. The first-order valence-corrected chi connectivity index (χ1v) is 11.7. The van der Waals surface area contributed by atoms with Gasteiger partial charge in [0.05, 0.1) is 18.0 Å². The molecule has 3 heterocycles. The molecular formula is C28H22N4O4. The largest absolute Gasteiger partial charge is 0.494 e. The van der Waals surface area contributed by atoms with Crippen LogP contribution in [0.4, 0.5) is 5.69 Å². The standard InChI is InChI=1S/C28H22N4O4/c1-2-35-21-15-13-18(14-16-21)24-22(17-31(29-24)19-9-5-3-6-10-19)25-23-26(36-30-25)28(34)32(27(23)33)20-11-7-4-8-12-20/h3-17,23,26H,2H2,1H3. The van der Waals surface area contributed by atoms with Crippen LogP contribution in [-0.2, 0) is 14.4 Å². The minimum absolute atomic E-state index is 0.363. The summed E-state index contributed by atoms with van der Waals surface area (Å²) in [6.45, 7) is 2.50. The van der Waals surface area contributed by atoms with Crippen molar-refractivity contribution in [3.05, 3.63) is 96.7 Å². The van der Waals surface area contributed by atoms with Crippen molar-refractivity contribution in [3.8, 4) is 22.7 Å². The molecule has 2 aliphatic rings. The van der Waals surface area contributed by atoms with Crippen LogP contribution in [0.15, 0.2) is 96.3 Å². The number of carbonyl (C=O) groups excluding carboxylic acids is 2. The van der Waals surface area contributed by atoms with E-state index in [1.807, 2.05) is 73.8 Å². The number of fused-ring (bicyclic) bond motifs is 1. The molecule has 8 nitrogen and oxygen atoms in total. The summed E-state index contributed by atoms with van der Waals surface area (Å²) in [4.78, 5) is 33.4. The maximum Gasteiger partial charge on any atom is 0.278 e. The summed E-state index contributed by atoms with van der Waals surface area (Å²) in [6, 6.07) is 26.1. The molecule has 0 N–H and O–H groups in total. The predicted molar refractivity (Wildman–Crippen MR) is 134 cm³/mol. The molecular weight excluding hydrogens is 456 g/mol. The molecule has 2 atom stereocenters. The lowest BCUT2D eigenvalue weighted by Gasteiger charge is -2.15. The highest BCUT2D eigenvalue weighted by Crippen LogP contribution is 2.37. The number of anilines is 1. The Labute approximate surface area is 207 Å². The smallest absolute Gasteiger partial charge is 0.278 e. The van der Waals surface area contributed by atoms with E-state index in [4.69, 9.17) is 14.7 Å². The van der Waals surface area contributed by atoms with Crippen LogP contribution < -0.4 is 9.64 Å². The number of amides is 2. The van der Waals surface area contributed by atoms with Crippen LogP contribution in [0.3, 0.4) is 0 Å². The second-order valence-corrected chi connectivity index (χ2v) is 8.46. The molecule has 2 aliphatic heterocycles. The number of rotatable bonds is 6. The molecule has 178 valence electrons. The third kappa shape index (κ3) is 3.54. The molecule has 0 spiro atoms. The zero-order valence-electron chi connectivity index (χ0n) is 19.4. The Morgan fingerprint density at radius 2 is 1.53 bits per heavy atom. The van der Waals surface area contributed by atoms with E-state index in [9.17, 15) is 9.59 Å². The molecule has 8 heteroatoms. The summed E-state index contributed by atoms with van der Waals surface area (Å²) in [5, 5.41) is 9.07. The molecule has 0 aliphatic carbocycles. The van der Waals surface area contributed by atoms with Crippen LogP contribution >= 0.6 is 0 Å². The van der Waals surface area contributed by atoms with Crippen molar-refractivity contribution in [3.63, 3.8) is 0 Å². The summed E-state index contributed by atoms with van der Waals surface area (Å²) in [5.74, 6) is -0.889. The van der Waals surface area contributed by atoms with Gasteiger partial charge in [-0.25, -0.2) is 9.58 Å². The highest BCUT2D eigenvalue weighted by molar-refractivity contribution is 6.33. The van der Waals surface area contributed by atoms with Crippen LogP contribution in [0, 0.1) is 5.92 Å². The first-order valence-electron chi connectivity index (χ1n) is 11.7. The average Bonchev–Trinajstić information content (AvgIpc) is 3.61. The normalized spacial score (nSPS) is 18.7. The van der Waals surface area contributed by atoms with Crippen molar-refractivity contribution in [1.82, 2.24) is 9.78 Å². The summed E-state index contributed by atoms with van der Waals surface area (Å²) < 4.78 is 7.32. The van der Waals surface area contributed by atoms with Gasteiger partial charge in [0.25, 0.3) is 5.91 Å². The van der Waals surface area contributed by atoms with Gasteiger partial charge in [0.15, 0.2) is 0 Å². The Bertz CT molecular complexity index is 1460. The van der Waals surface area contributed by atoms with Crippen molar-refractivity contribution in [1.29, 1.82) is 0 Å². The lowest BCUT2D eigenvalue weighted by Crippen LogP contribution is -2.33. The molecule has 1 fully saturated rings. The quantitative estimate of drug-likeness (QED) is 0.387. The molecule has 0 bridgehead atoms. The molecule has 6 rings (SSSR count). The minimum atomic E-state index is -0.999. The zero-order chi connectivity index (χ0) is 24.6. The van der Waals surface area contributed by atoms with Gasteiger partial charge in [-0.15, -0.1) is 0 Å². The van der Waals surface area contributed by atoms with Crippen LogP contribution in [-0.4, -0.2) is 40.0 Å². The van der Waals surface area contributed by atoms with Crippen LogP contribution in [0.5, 0.6) is 5.75 Å². The summed E-state index contributed by atoms with van der Waals surface area (Å²) >= 11 is 0. The van der Waals surface area contributed by atoms with E-state index in [-0.39, 0.29) is 5.91 Å². The number of para-hydroxylation sites is 2. The van der Waals surface area contributed by atoms with E-state index < -0.39 is 17.9 Å². The maximum atomic E-state index is 13.5. The molecule has 0 radical (unpaired) electrons. The Balaban J connectivity index is 1.43. The molecule has 2 amide bonds. The molecule has 0 saturated carbocycles. The number of nitrogens with zero attached hydrogens (tertiary/aromatic N) is 4. The van der Waals surface area contributed by atoms with Crippen molar-refractivity contribution >= 4 is 23.2 Å². The predicted octanol–water partition coefficient (Wildman–Crippen LogP) is 4.23. The second-order valence-electron chi connectivity index (χ2n) is 8.46. The second kappa shape index (κ2) is 8.81. The van der Waals surface area contributed by atoms with E-state index in [2.05, 4.69) is 5.16 Å². The van der Waals surface area contributed by atoms with Gasteiger partial charge in [-0.2, -0.15) is 5.10 Å². The number of ether oxygens (including phenoxy) is 1. The van der Waals surface area contributed by atoms with E-state index in [1.165, 1.54) is 4.90 Å². The first-order chi connectivity index (χ1) is 17.7. The van der Waals surface area contributed by atoms with Crippen molar-refractivity contribution < 1.29 is 19.2 Å². The fourth-order valence-electron chi connectivity index (χ4n) is 4.60. The molecule has 4 aromatic rings. The minimum Gasteiger partial charge on any atom is -0.494 e. The number of aromatic nitrogens is 2. The zero-order valence-corrected chi connectivity index (χ0v) is 19.4. The summed E-state index contributed by atoms with van der Waals surface area (Å²) in [5.41, 5.74) is 3.84. The van der Waals surface area contributed by atoms with Crippen LogP contribution in [0.1, 0.15) is 12.5 Å². The topological polar surface area (TPSA) is 86.0 Å². The Hall–Kier alpha value is -4.72. The monoisotopic (exact) mass is 478 g/mol. The number of carbonyl (C=O) groups is 2. The van der Waals surface area contributed by atoms with Gasteiger partial charge in [0.2, 0.25) is 12.0 Å². The third-order valence-corrected chi connectivity index (χ3v) is 6.28. The van der Waals surface area contributed by atoms with E-state index in [0.717, 1.165) is 17.0 Å². The average molecular weight is 479 g/mol. The van der Waals surface area contributed by atoms with Crippen LogP contribution in [0.25, 0.3) is 16.9 Å². The van der Waals surface area contributed by atoms with Gasteiger partial charge in [-0.1, -0.05) is 41.6 Å². The Morgan fingerprint density at radius 3 is 2.19 bits per heavy atom. The van der Waals surface area contributed by atoms with E-state index in [0.29, 0.717) is 29.3 Å². The van der Waals surface area contributed by atoms with Crippen molar-refractivity contribution in [2.24, 2.45) is 11.1 Å². The molecule has 36 heavy (non-hydrogen) atoms. The lowest BCUT2D eigenvalue weighted by atomic mass is 9.92. The number of hydrogen-bond acceptors (Lipinski definition) is 6. The summed E-state index contributed by atoms with van der Waals surface area (Å²) in [7, 11) is 0. The van der Waals surface area contributed by atoms with Gasteiger partial charge in [-0.3, -0.25) is 9.59 Å². The number of oxime groups is 1. The first kappa shape index (κ1) is 21.8. The van der Waals surface area contributed by atoms with Crippen molar-refractivity contribution in [2.45, 2.75) is 13.0 Å². The SMILES string of the molecule is CCOc1ccc(-c2nn(-c3ccccc3)cc2C2=NOC3C(=O)N(c4ccccc4)C(=O)C23)cc1. The van der Waals surface area contributed by atoms with Crippen molar-refractivity contribution in [2.75, 3.05) is 11.5 Å². The van der Waals surface area contributed by atoms with E-state index >= 15 is 0 Å². The fraction of sp³-hybridized carbons (Fsp3) is 0.143. The van der Waals surface area contributed by atoms with Gasteiger partial charge in [-0.05, 0) is 55.5 Å². The van der Waals surface area contributed by atoms with Gasteiger partial charge in [0, 0.05) is 17.3 Å². The fourth-order valence-corrected chi connectivity index (χ4v) is 4.60. The Kier molecular flexibility index (Phi) is 5.33. The van der Waals surface area contributed by atoms with Crippen LogP contribution in [0.2, 0.25) is 0 Å². The maximum absolute atomic E-state index is 13.5. The number of hydrogen-bond donors (Lipinski definition) is 0. The van der Waals surface area contributed by atoms with Gasteiger partial charge >= 0.3 is 0 Å². The molecule has 3 aromatic carbocycles. The molecule has 1 aromatic heterocycles. The van der Waals surface area contributed by atoms with E-state index in [1.54, 1.807) is 28.9 Å². The van der Waals surface area contributed by atoms with Gasteiger partial charge < -0.3 is 9.57 Å². The third-order valence-electron chi connectivity index (χ3n) is 6.28. The highest BCUT2D eigenvalue weighted by atomic mass is 16.6. The summed E-state index contributed by atoms with van der Waals surface area (Å²) in [6.07, 6.45) is 0.829. The number of imide groups is 1. The Morgan fingerprint density at radius 1 is 0.861 bits per heavy atom. The molecule has 1 saturated heterocycles. The highest BCUT2D eigenvalue weighted by Gasteiger charge is 2.56. The van der Waals surface area contributed by atoms with Gasteiger partial charge in [0.1, 0.15) is 23.1 Å². The lowest BCUT2D eigenvalue weighted by molar-refractivity contribution is -0.126.